The lowest BCUT2D eigenvalue weighted by Gasteiger charge is -2.31. The quantitative estimate of drug-likeness (QED) is 0.569. The lowest BCUT2D eigenvalue weighted by molar-refractivity contribution is -0.147. The molecule has 1 aliphatic heterocycles. The summed E-state index contributed by atoms with van der Waals surface area (Å²) in [6.07, 6.45) is 2.72. The summed E-state index contributed by atoms with van der Waals surface area (Å²) in [5.74, 6) is 0.605. The van der Waals surface area contributed by atoms with Crippen LogP contribution in [-0.4, -0.2) is 77.6 Å². The SMILES string of the molecule is COC(=O)C1CCN(CC(O)COc2cccc(CN(C)Cc3ccn[nH]3)c2)CC1. The van der Waals surface area contributed by atoms with Gasteiger partial charge in [0.25, 0.3) is 0 Å². The number of hydrogen-bond donors (Lipinski definition) is 2. The van der Waals surface area contributed by atoms with Crippen molar-refractivity contribution in [2.75, 3.05) is 40.4 Å². The van der Waals surface area contributed by atoms with E-state index in [-0.39, 0.29) is 18.5 Å². The largest absolute Gasteiger partial charge is 0.491 e. The fourth-order valence-corrected chi connectivity index (χ4v) is 3.83. The number of likely N-dealkylation sites (tertiary alicyclic amines) is 1. The van der Waals surface area contributed by atoms with E-state index in [0.717, 1.165) is 56.0 Å². The number of esters is 1. The Labute approximate surface area is 177 Å². The summed E-state index contributed by atoms with van der Waals surface area (Å²) < 4.78 is 10.6. The van der Waals surface area contributed by atoms with Gasteiger partial charge in [-0.15, -0.1) is 0 Å². The predicted octanol–water partition coefficient (Wildman–Crippen LogP) is 1.67. The Balaban J connectivity index is 1.40. The zero-order chi connectivity index (χ0) is 21.3. The molecule has 8 nitrogen and oxygen atoms in total. The van der Waals surface area contributed by atoms with Crippen LogP contribution in [0, 0.1) is 5.92 Å². The van der Waals surface area contributed by atoms with Crippen molar-refractivity contribution < 1.29 is 19.4 Å². The lowest BCUT2D eigenvalue weighted by Crippen LogP contribution is -2.42. The maximum absolute atomic E-state index is 11.6. The van der Waals surface area contributed by atoms with Crippen LogP contribution in [0.3, 0.4) is 0 Å². The summed E-state index contributed by atoms with van der Waals surface area (Å²) in [5.41, 5.74) is 2.22. The first-order valence-electron chi connectivity index (χ1n) is 10.4. The number of aliphatic hydroxyl groups excluding tert-OH is 1. The highest BCUT2D eigenvalue weighted by molar-refractivity contribution is 5.72. The minimum absolute atomic E-state index is 0.0196. The van der Waals surface area contributed by atoms with Crippen molar-refractivity contribution in [3.05, 3.63) is 47.8 Å². The summed E-state index contributed by atoms with van der Waals surface area (Å²) in [6, 6.07) is 9.93. The van der Waals surface area contributed by atoms with Crippen LogP contribution in [-0.2, 0) is 22.6 Å². The molecule has 2 aromatic rings. The van der Waals surface area contributed by atoms with Gasteiger partial charge in [-0.25, -0.2) is 0 Å². The topological polar surface area (TPSA) is 90.9 Å². The number of nitrogens with one attached hydrogen (secondary N) is 1. The highest BCUT2D eigenvalue weighted by Gasteiger charge is 2.26. The molecule has 2 heterocycles. The van der Waals surface area contributed by atoms with Gasteiger partial charge in [-0.3, -0.25) is 14.8 Å². The Bertz CT molecular complexity index is 775. The normalized spacial score (nSPS) is 16.5. The number of benzene rings is 1. The van der Waals surface area contributed by atoms with Crippen molar-refractivity contribution in [3.8, 4) is 5.75 Å². The Morgan fingerprint density at radius 1 is 1.33 bits per heavy atom. The molecule has 1 fully saturated rings. The van der Waals surface area contributed by atoms with Crippen molar-refractivity contribution in [1.29, 1.82) is 0 Å². The molecule has 0 amide bonds. The van der Waals surface area contributed by atoms with Gasteiger partial charge in [0.2, 0.25) is 0 Å². The molecule has 0 aliphatic carbocycles. The predicted molar refractivity (Wildman–Crippen MR) is 113 cm³/mol. The molecule has 3 rings (SSSR count). The van der Waals surface area contributed by atoms with Crippen molar-refractivity contribution in [2.24, 2.45) is 5.92 Å². The summed E-state index contributed by atoms with van der Waals surface area (Å²) in [4.78, 5) is 16.0. The van der Waals surface area contributed by atoms with Crippen molar-refractivity contribution >= 4 is 5.97 Å². The Kier molecular flexibility index (Phi) is 8.24. The highest BCUT2D eigenvalue weighted by Crippen LogP contribution is 2.19. The average Bonchev–Trinajstić information content (AvgIpc) is 3.25. The number of β-amino-alcohol motifs (C(OH)–C–C–N with tert-alkyl or cyclic N) is 1. The first-order chi connectivity index (χ1) is 14.5. The first-order valence-corrected chi connectivity index (χ1v) is 10.4. The number of ether oxygens (including phenoxy) is 2. The molecule has 1 unspecified atom stereocenters. The number of rotatable bonds is 10. The van der Waals surface area contributed by atoms with E-state index < -0.39 is 6.10 Å². The minimum Gasteiger partial charge on any atom is -0.491 e. The number of aromatic nitrogens is 2. The fourth-order valence-electron chi connectivity index (χ4n) is 3.83. The van der Waals surface area contributed by atoms with Gasteiger partial charge in [0, 0.05) is 31.5 Å². The summed E-state index contributed by atoms with van der Waals surface area (Å²) >= 11 is 0. The van der Waals surface area contributed by atoms with Gasteiger partial charge in [0.15, 0.2) is 0 Å². The molecule has 1 aliphatic rings. The molecule has 1 atom stereocenters. The van der Waals surface area contributed by atoms with Crippen LogP contribution in [0.4, 0.5) is 0 Å². The zero-order valence-corrected chi connectivity index (χ0v) is 17.8. The highest BCUT2D eigenvalue weighted by atomic mass is 16.5. The Morgan fingerprint density at radius 3 is 2.83 bits per heavy atom. The number of carbonyl (C=O) groups excluding carboxylic acids is 1. The van der Waals surface area contributed by atoms with E-state index in [1.54, 1.807) is 6.20 Å². The molecule has 2 N–H and O–H groups in total. The number of aliphatic hydroxyl groups is 1. The molecule has 164 valence electrons. The number of nitrogens with zero attached hydrogens (tertiary/aromatic N) is 3. The number of hydrogen-bond acceptors (Lipinski definition) is 7. The molecule has 1 saturated heterocycles. The van der Waals surface area contributed by atoms with Crippen LogP contribution >= 0.6 is 0 Å². The van der Waals surface area contributed by atoms with Crippen molar-refractivity contribution in [2.45, 2.75) is 32.0 Å². The van der Waals surface area contributed by atoms with E-state index in [1.165, 1.54) is 7.11 Å². The fraction of sp³-hybridized carbons (Fsp3) is 0.545. The molecular weight excluding hydrogens is 384 g/mol. The van der Waals surface area contributed by atoms with E-state index >= 15 is 0 Å². The van der Waals surface area contributed by atoms with Crippen LogP contribution in [0.2, 0.25) is 0 Å². The monoisotopic (exact) mass is 416 g/mol. The number of piperidine rings is 1. The van der Waals surface area contributed by atoms with Gasteiger partial charge in [-0.1, -0.05) is 12.1 Å². The molecule has 1 aromatic heterocycles. The Hall–Kier alpha value is -2.42. The maximum Gasteiger partial charge on any atom is 0.308 e. The molecule has 0 spiro atoms. The van der Waals surface area contributed by atoms with Crippen LogP contribution in [0.1, 0.15) is 24.1 Å². The molecule has 0 radical (unpaired) electrons. The van der Waals surface area contributed by atoms with E-state index in [1.807, 2.05) is 24.3 Å². The van der Waals surface area contributed by atoms with Gasteiger partial charge in [0.1, 0.15) is 18.5 Å². The van der Waals surface area contributed by atoms with Gasteiger partial charge >= 0.3 is 5.97 Å². The van der Waals surface area contributed by atoms with E-state index in [0.29, 0.717) is 6.54 Å². The number of carbonyl (C=O) groups is 1. The van der Waals surface area contributed by atoms with Crippen molar-refractivity contribution in [1.82, 2.24) is 20.0 Å². The second-order valence-electron chi connectivity index (χ2n) is 7.96. The van der Waals surface area contributed by atoms with Gasteiger partial charge < -0.3 is 19.5 Å². The smallest absolute Gasteiger partial charge is 0.308 e. The molecule has 0 bridgehead atoms. The average molecular weight is 417 g/mol. The summed E-state index contributed by atoms with van der Waals surface area (Å²) in [7, 11) is 3.49. The standard InChI is InChI=1S/C22H32N4O4/c1-25(14-19-6-9-23-24-19)13-17-4-3-5-21(12-17)30-16-20(27)15-26-10-7-18(8-11-26)22(28)29-2/h3-6,9,12,18,20,27H,7-8,10-11,13-16H2,1-2H3,(H,23,24). The first kappa shape index (κ1) is 22.3. The minimum atomic E-state index is -0.577. The molecule has 0 saturated carbocycles. The number of H-pyrrole nitrogens is 1. The molecule has 1 aromatic carbocycles. The molecule has 8 heteroatoms. The zero-order valence-electron chi connectivity index (χ0n) is 17.8. The third-order valence-corrected chi connectivity index (χ3v) is 5.38. The van der Waals surface area contributed by atoms with Gasteiger partial charge in [0.05, 0.1) is 13.0 Å². The number of aromatic amines is 1. The second kappa shape index (κ2) is 11.1. The molecular formula is C22H32N4O4. The van der Waals surface area contributed by atoms with Crippen molar-refractivity contribution in [3.63, 3.8) is 0 Å². The number of methoxy groups -OCH3 is 1. The van der Waals surface area contributed by atoms with E-state index in [9.17, 15) is 9.90 Å². The third-order valence-electron chi connectivity index (χ3n) is 5.38. The lowest BCUT2D eigenvalue weighted by atomic mass is 9.97. The Morgan fingerprint density at radius 2 is 2.13 bits per heavy atom. The van der Waals surface area contributed by atoms with Crippen LogP contribution < -0.4 is 4.74 Å². The molecule has 30 heavy (non-hydrogen) atoms. The van der Waals surface area contributed by atoms with Crippen LogP contribution in [0.5, 0.6) is 5.75 Å². The van der Waals surface area contributed by atoms with Gasteiger partial charge in [-0.05, 0) is 56.7 Å². The van der Waals surface area contributed by atoms with Crippen LogP contribution in [0.15, 0.2) is 36.5 Å². The van der Waals surface area contributed by atoms with E-state index in [4.69, 9.17) is 9.47 Å². The summed E-state index contributed by atoms with van der Waals surface area (Å²) in [6.45, 7) is 3.93. The maximum atomic E-state index is 11.6. The summed E-state index contributed by atoms with van der Waals surface area (Å²) in [5, 5.41) is 17.3. The third kappa shape index (κ3) is 6.83. The second-order valence-corrected chi connectivity index (χ2v) is 7.96. The van der Waals surface area contributed by atoms with Gasteiger partial charge in [-0.2, -0.15) is 5.10 Å². The van der Waals surface area contributed by atoms with Crippen LogP contribution in [0.25, 0.3) is 0 Å². The van der Waals surface area contributed by atoms with E-state index in [2.05, 4.69) is 33.1 Å².